The summed E-state index contributed by atoms with van der Waals surface area (Å²) in [5.74, 6) is 0.679. The van der Waals surface area contributed by atoms with Crippen molar-refractivity contribution < 1.29 is 13.2 Å². The molecule has 0 amide bonds. The molecule has 0 aliphatic rings. The molecule has 2 nitrogen and oxygen atoms in total. The van der Waals surface area contributed by atoms with Crippen molar-refractivity contribution in [2.75, 3.05) is 0 Å². The van der Waals surface area contributed by atoms with Crippen molar-refractivity contribution >= 4 is 22.6 Å². The number of hydrogen-bond donors (Lipinski definition) is 0. The lowest BCUT2D eigenvalue weighted by molar-refractivity contribution is -0.137. The predicted molar refractivity (Wildman–Crippen MR) is 60.2 cm³/mol. The van der Waals surface area contributed by atoms with Crippen LogP contribution in [0.25, 0.3) is 11.0 Å². The van der Waals surface area contributed by atoms with Gasteiger partial charge in [-0.2, -0.15) is 13.2 Å². The Morgan fingerprint density at radius 2 is 2.00 bits per heavy atom. The highest BCUT2D eigenvalue weighted by molar-refractivity contribution is 6.32. The van der Waals surface area contributed by atoms with E-state index in [4.69, 9.17) is 11.6 Å². The summed E-state index contributed by atoms with van der Waals surface area (Å²) in [5, 5.41) is -0.292. The number of hydrogen-bond acceptors (Lipinski definition) is 1. The summed E-state index contributed by atoms with van der Waals surface area (Å²) in [7, 11) is 0. The number of fused-ring (bicyclic) bond motifs is 1. The summed E-state index contributed by atoms with van der Waals surface area (Å²) in [6, 6.07) is 2.32. The van der Waals surface area contributed by atoms with Gasteiger partial charge in [-0.1, -0.05) is 11.6 Å². The number of benzene rings is 1. The molecule has 0 atom stereocenters. The Hall–Kier alpha value is -1.23. The predicted octanol–water partition coefficient (Wildman–Crippen LogP) is 4.04. The molecule has 0 bridgehead atoms. The summed E-state index contributed by atoms with van der Waals surface area (Å²) in [5.41, 5.74) is 0.108. The van der Waals surface area contributed by atoms with Crippen LogP contribution in [0.1, 0.15) is 18.3 Å². The van der Waals surface area contributed by atoms with Crippen LogP contribution in [0.5, 0.6) is 0 Å². The van der Waals surface area contributed by atoms with Crippen LogP contribution in [0.3, 0.4) is 0 Å². The van der Waals surface area contributed by atoms with Gasteiger partial charge in [-0.05, 0) is 26.0 Å². The number of rotatable bonds is 1. The van der Waals surface area contributed by atoms with Crippen molar-refractivity contribution in [2.24, 2.45) is 0 Å². The molecule has 1 aromatic heterocycles. The molecule has 0 saturated heterocycles. The number of aryl methyl sites for hydroxylation is 2. The van der Waals surface area contributed by atoms with Gasteiger partial charge in [-0.15, -0.1) is 0 Å². The molecular formula is C11H10ClF3N2. The summed E-state index contributed by atoms with van der Waals surface area (Å²) >= 11 is 5.66. The third-order valence-corrected chi connectivity index (χ3v) is 2.96. The van der Waals surface area contributed by atoms with Crippen molar-refractivity contribution in [1.82, 2.24) is 9.55 Å². The van der Waals surface area contributed by atoms with Crippen molar-refractivity contribution in [3.8, 4) is 0 Å². The molecule has 2 aromatic rings. The number of nitrogens with zero attached hydrogens (tertiary/aromatic N) is 2. The Morgan fingerprint density at radius 3 is 2.53 bits per heavy atom. The molecule has 0 fully saturated rings. The van der Waals surface area contributed by atoms with Crippen LogP contribution < -0.4 is 0 Å². The first-order chi connectivity index (χ1) is 7.84. The lowest BCUT2D eigenvalue weighted by Crippen LogP contribution is -2.06. The zero-order valence-corrected chi connectivity index (χ0v) is 10.0. The first-order valence-electron chi connectivity index (χ1n) is 5.08. The van der Waals surface area contributed by atoms with E-state index in [0.29, 0.717) is 23.4 Å². The van der Waals surface area contributed by atoms with E-state index < -0.39 is 11.7 Å². The van der Waals surface area contributed by atoms with E-state index in [2.05, 4.69) is 4.98 Å². The van der Waals surface area contributed by atoms with Gasteiger partial charge in [0.25, 0.3) is 0 Å². The second kappa shape index (κ2) is 3.91. The average Bonchev–Trinajstić information content (AvgIpc) is 2.50. The monoisotopic (exact) mass is 262 g/mol. The number of halogens is 4. The van der Waals surface area contributed by atoms with E-state index in [0.717, 1.165) is 6.07 Å². The number of imidazole rings is 1. The molecule has 1 heterocycles. The molecule has 0 radical (unpaired) electrons. The van der Waals surface area contributed by atoms with Crippen LogP contribution in [0.2, 0.25) is 5.02 Å². The molecule has 2 rings (SSSR count). The minimum absolute atomic E-state index is 0.292. The Balaban J connectivity index is 2.75. The fourth-order valence-corrected chi connectivity index (χ4v) is 2.15. The molecule has 1 aromatic carbocycles. The fourth-order valence-electron chi connectivity index (χ4n) is 1.88. The van der Waals surface area contributed by atoms with Crippen molar-refractivity contribution in [3.63, 3.8) is 0 Å². The first kappa shape index (κ1) is 12.2. The van der Waals surface area contributed by atoms with Gasteiger partial charge in [0, 0.05) is 6.54 Å². The Kier molecular flexibility index (Phi) is 2.81. The van der Waals surface area contributed by atoms with Crippen LogP contribution in [0.4, 0.5) is 13.2 Å². The molecular weight excluding hydrogens is 253 g/mol. The van der Waals surface area contributed by atoms with Gasteiger partial charge in [-0.25, -0.2) is 4.98 Å². The van der Waals surface area contributed by atoms with E-state index in [9.17, 15) is 13.2 Å². The summed E-state index contributed by atoms with van der Waals surface area (Å²) in [6.45, 7) is 4.30. The van der Waals surface area contributed by atoms with Gasteiger partial charge in [0.05, 0.1) is 21.6 Å². The normalized spacial score (nSPS) is 12.4. The first-order valence-corrected chi connectivity index (χ1v) is 5.46. The lowest BCUT2D eigenvalue weighted by atomic mass is 10.2. The molecule has 6 heteroatoms. The second-order valence-corrected chi connectivity index (χ2v) is 4.13. The maximum Gasteiger partial charge on any atom is 0.417 e. The van der Waals surface area contributed by atoms with Gasteiger partial charge in [-0.3, -0.25) is 0 Å². The van der Waals surface area contributed by atoms with E-state index in [1.807, 2.05) is 11.5 Å². The zero-order chi connectivity index (χ0) is 12.8. The topological polar surface area (TPSA) is 17.8 Å². The highest BCUT2D eigenvalue weighted by atomic mass is 35.5. The largest absolute Gasteiger partial charge is 0.417 e. The molecule has 17 heavy (non-hydrogen) atoms. The van der Waals surface area contributed by atoms with E-state index in [1.54, 1.807) is 6.92 Å². The number of aromatic nitrogens is 2. The molecule has 0 unspecified atom stereocenters. The van der Waals surface area contributed by atoms with Gasteiger partial charge in [0.15, 0.2) is 0 Å². The van der Waals surface area contributed by atoms with Gasteiger partial charge >= 0.3 is 6.18 Å². The van der Waals surface area contributed by atoms with Crippen LogP contribution in [-0.4, -0.2) is 9.55 Å². The third kappa shape index (κ3) is 1.99. The standard InChI is InChI=1S/C11H10ClF3N2/c1-3-17-6(2)16-9-4-7(11(13,14)15)8(12)5-10(9)17/h4-5H,3H2,1-2H3. The zero-order valence-electron chi connectivity index (χ0n) is 9.27. The van der Waals surface area contributed by atoms with Gasteiger partial charge in [0.2, 0.25) is 0 Å². The van der Waals surface area contributed by atoms with Crippen molar-refractivity contribution in [2.45, 2.75) is 26.6 Å². The van der Waals surface area contributed by atoms with E-state index in [1.165, 1.54) is 6.07 Å². The van der Waals surface area contributed by atoms with Crippen LogP contribution in [0.15, 0.2) is 12.1 Å². The SMILES string of the molecule is CCn1c(C)nc2cc(C(F)(F)F)c(Cl)cc21. The molecule has 0 aliphatic carbocycles. The maximum absolute atomic E-state index is 12.6. The molecule has 0 aliphatic heterocycles. The molecule has 0 N–H and O–H groups in total. The summed E-state index contributed by atoms with van der Waals surface area (Å²) < 4.78 is 39.8. The van der Waals surface area contributed by atoms with Crippen LogP contribution in [-0.2, 0) is 12.7 Å². The number of alkyl halides is 3. The second-order valence-electron chi connectivity index (χ2n) is 3.72. The minimum atomic E-state index is -4.45. The molecule has 0 saturated carbocycles. The highest BCUT2D eigenvalue weighted by Gasteiger charge is 2.34. The van der Waals surface area contributed by atoms with Crippen molar-refractivity contribution in [3.05, 3.63) is 28.5 Å². The Morgan fingerprint density at radius 1 is 1.35 bits per heavy atom. The fraction of sp³-hybridized carbons (Fsp3) is 0.364. The lowest BCUT2D eigenvalue weighted by Gasteiger charge is -2.09. The molecule has 92 valence electrons. The Bertz CT molecular complexity index is 572. The van der Waals surface area contributed by atoms with Crippen LogP contribution in [0, 0.1) is 6.92 Å². The summed E-state index contributed by atoms with van der Waals surface area (Å²) in [4.78, 5) is 4.10. The van der Waals surface area contributed by atoms with E-state index in [-0.39, 0.29) is 5.02 Å². The third-order valence-electron chi connectivity index (χ3n) is 2.65. The maximum atomic E-state index is 12.6. The Labute approximate surface area is 101 Å². The van der Waals surface area contributed by atoms with Crippen LogP contribution >= 0.6 is 11.6 Å². The highest BCUT2D eigenvalue weighted by Crippen LogP contribution is 2.37. The van der Waals surface area contributed by atoms with E-state index >= 15 is 0 Å². The van der Waals surface area contributed by atoms with Crippen molar-refractivity contribution in [1.29, 1.82) is 0 Å². The smallest absolute Gasteiger partial charge is 0.328 e. The summed E-state index contributed by atoms with van der Waals surface area (Å²) in [6.07, 6.45) is -4.45. The van der Waals surface area contributed by atoms with Gasteiger partial charge in [0.1, 0.15) is 5.82 Å². The minimum Gasteiger partial charge on any atom is -0.328 e. The quantitative estimate of drug-likeness (QED) is 0.758. The molecule has 0 spiro atoms. The van der Waals surface area contributed by atoms with Gasteiger partial charge < -0.3 is 4.57 Å². The average molecular weight is 263 g/mol.